The number of ether oxygens (including phenoxy) is 2. The summed E-state index contributed by atoms with van der Waals surface area (Å²) >= 11 is 0. The van der Waals surface area contributed by atoms with Crippen LogP contribution in [0.25, 0.3) is 0 Å². The van der Waals surface area contributed by atoms with Crippen LogP contribution in [0.5, 0.6) is 11.5 Å². The number of anilines is 1. The van der Waals surface area contributed by atoms with Gasteiger partial charge in [0.15, 0.2) is 11.5 Å². The molecule has 1 saturated carbocycles. The molecule has 1 aromatic rings. The van der Waals surface area contributed by atoms with Gasteiger partial charge in [0, 0.05) is 25.3 Å². The van der Waals surface area contributed by atoms with E-state index in [1.54, 1.807) is 0 Å². The fourth-order valence-corrected chi connectivity index (χ4v) is 2.26. The Morgan fingerprint density at radius 3 is 2.78 bits per heavy atom. The van der Waals surface area contributed by atoms with Crippen molar-refractivity contribution >= 4 is 11.7 Å². The van der Waals surface area contributed by atoms with Crippen LogP contribution in [-0.2, 0) is 4.79 Å². The predicted molar refractivity (Wildman–Crippen MR) is 65.1 cm³/mol. The molecule has 0 unspecified atom stereocenters. The van der Waals surface area contributed by atoms with Crippen LogP contribution in [0.15, 0.2) is 18.2 Å². The van der Waals surface area contributed by atoms with Gasteiger partial charge in [-0.05, 0) is 25.0 Å². The van der Waals surface area contributed by atoms with Crippen LogP contribution in [0.4, 0.5) is 5.69 Å². The van der Waals surface area contributed by atoms with E-state index in [0.29, 0.717) is 6.54 Å². The van der Waals surface area contributed by atoms with Crippen molar-refractivity contribution in [1.29, 1.82) is 0 Å². The number of hydrogen-bond donors (Lipinski definition) is 1. The largest absolute Gasteiger partial charge is 0.481 e. The molecule has 0 aromatic heterocycles. The van der Waals surface area contributed by atoms with Gasteiger partial charge >= 0.3 is 5.97 Å². The van der Waals surface area contributed by atoms with Crippen LogP contribution in [0, 0.1) is 5.41 Å². The van der Waals surface area contributed by atoms with Crippen molar-refractivity contribution in [2.75, 3.05) is 25.3 Å². The smallest absolute Gasteiger partial charge is 0.311 e. The number of benzene rings is 1. The summed E-state index contributed by atoms with van der Waals surface area (Å²) in [7, 11) is 1.90. The fraction of sp³-hybridized carbons (Fsp3) is 0.462. The highest BCUT2D eigenvalue weighted by molar-refractivity contribution is 5.78. The predicted octanol–water partition coefficient (Wildman–Crippen LogP) is 1.72. The lowest BCUT2D eigenvalue weighted by Crippen LogP contribution is -2.31. The molecule has 0 radical (unpaired) electrons. The third-order valence-electron chi connectivity index (χ3n) is 3.64. The molecule has 5 heteroatoms. The third kappa shape index (κ3) is 1.75. The molecule has 18 heavy (non-hydrogen) atoms. The highest BCUT2D eigenvalue weighted by Crippen LogP contribution is 2.47. The van der Waals surface area contributed by atoms with E-state index in [0.717, 1.165) is 30.0 Å². The number of rotatable bonds is 4. The molecule has 1 aromatic carbocycles. The van der Waals surface area contributed by atoms with Gasteiger partial charge in [0.25, 0.3) is 0 Å². The Balaban J connectivity index is 1.77. The van der Waals surface area contributed by atoms with Gasteiger partial charge < -0.3 is 19.5 Å². The molecule has 0 bridgehead atoms. The summed E-state index contributed by atoms with van der Waals surface area (Å²) < 4.78 is 10.6. The number of hydrogen-bond acceptors (Lipinski definition) is 4. The summed E-state index contributed by atoms with van der Waals surface area (Å²) in [5.41, 5.74) is 0.400. The zero-order valence-corrected chi connectivity index (χ0v) is 10.2. The van der Waals surface area contributed by atoms with Crippen LogP contribution < -0.4 is 14.4 Å². The molecule has 1 N–H and O–H groups in total. The van der Waals surface area contributed by atoms with Crippen molar-refractivity contribution in [3.05, 3.63) is 18.2 Å². The van der Waals surface area contributed by atoms with Crippen molar-refractivity contribution in [1.82, 2.24) is 0 Å². The molecule has 5 nitrogen and oxygen atoms in total. The summed E-state index contributed by atoms with van der Waals surface area (Å²) in [4.78, 5) is 13.1. The lowest BCUT2D eigenvalue weighted by atomic mass is 10.1. The standard InChI is InChI=1S/C13H15NO4/c1-14(7-13(4-5-13)12(15)16)9-2-3-10-11(6-9)18-8-17-10/h2-3,6H,4-5,7-8H2,1H3,(H,15,16). The Bertz CT molecular complexity index is 496. The summed E-state index contributed by atoms with van der Waals surface area (Å²) in [6, 6.07) is 5.67. The Morgan fingerprint density at radius 2 is 2.11 bits per heavy atom. The van der Waals surface area contributed by atoms with E-state index in [1.807, 2.05) is 30.1 Å². The normalized spacial score (nSPS) is 18.5. The number of carboxylic acids is 1. The van der Waals surface area contributed by atoms with Crippen LogP contribution in [-0.4, -0.2) is 31.5 Å². The zero-order valence-electron chi connectivity index (χ0n) is 10.2. The summed E-state index contributed by atoms with van der Waals surface area (Å²) in [6.45, 7) is 0.781. The first-order chi connectivity index (χ1) is 8.61. The van der Waals surface area contributed by atoms with Gasteiger partial charge in [0.1, 0.15) is 0 Å². The molecular formula is C13H15NO4. The first-order valence-corrected chi connectivity index (χ1v) is 5.95. The van der Waals surface area contributed by atoms with Crippen LogP contribution in [0.3, 0.4) is 0 Å². The Labute approximate surface area is 105 Å². The second kappa shape index (κ2) is 3.80. The van der Waals surface area contributed by atoms with Gasteiger partial charge in [-0.25, -0.2) is 0 Å². The molecule has 0 atom stereocenters. The quantitative estimate of drug-likeness (QED) is 0.880. The van der Waals surface area contributed by atoms with E-state index in [1.165, 1.54) is 0 Å². The molecule has 0 saturated heterocycles. The van der Waals surface area contributed by atoms with E-state index in [4.69, 9.17) is 9.47 Å². The lowest BCUT2D eigenvalue weighted by molar-refractivity contribution is -0.142. The minimum atomic E-state index is -0.699. The third-order valence-corrected chi connectivity index (χ3v) is 3.64. The van der Waals surface area contributed by atoms with Gasteiger partial charge in [0.05, 0.1) is 5.41 Å². The van der Waals surface area contributed by atoms with Crippen molar-refractivity contribution < 1.29 is 19.4 Å². The molecule has 1 aliphatic heterocycles. The van der Waals surface area contributed by atoms with Gasteiger partial charge in [-0.1, -0.05) is 0 Å². The van der Waals surface area contributed by atoms with Crippen molar-refractivity contribution in [3.63, 3.8) is 0 Å². The fourth-order valence-electron chi connectivity index (χ4n) is 2.26. The summed E-state index contributed by atoms with van der Waals surface area (Å²) in [5, 5.41) is 9.18. The highest BCUT2D eigenvalue weighted by Gasteiger charge is 2.50. The van der Waals surface area contributed by atoms with Gasteiger partial charge in [-0.3, -0.25) is 4.79 Å². The maximum Gasteiger partial charge on any atom is 0.311 e. The average Bonchev–Trinajstić information content (AvgIpc) is 2.98. The van der Waals surface area contributed by atoms with Crippen molar-refractivity contribution in [2.45, 2.75) is 12.8 Å². The number of carboxylic acid groups (broad SMARTS) is 1. The van der Waals surface area contributed by atoms with Crippen molar-refractivity contribution in [2.24, 2.45) is 5.41 Å². The highest BCUT2D eigenvalue weighted by atomic mass is 16.7. The molecule has 0 amide bonds. The number of fused-ring (bicyclic) bond motifs is 1. The number of nitrogens with zero attached hydrogens (tertiary/aromatic N) is 1. The average molecular weight is 249 g/mol. The summed E-state index contributed by atoms with van der Waals surface area (Å²) in [5.74, 6) is 0.765. The second-order valence-electron chi connectivity index (χ2n) is 4.98. The minimum absolute atomic E-state index is 0.252. The summed E-state index contributed by atoms with van der Waals surface area (Å²) in [6.07, 6.45) is 1.52. The number of carbonyl (C=O) groups is 1. The van der Waals surface area contributed by atoms with Gasteiger partial charge in [-0.15, -0.1) is 0 Å². The lowest BCUT2D eigenvalue weighted by Gasteiger charge is -2.23. The molecule has 2 aliphatic rings. The van der Waals surface area contributed by atoms with E-state index >= 15 is 0 Å². The maximum absolute atomic E-state index is 11.2. The van der Waals surface area contributed by atoms with Gasteiger partial charge in [-0.2, -0.15) is 0 Å². The van der Waals surface area contributed by atoms with Crippen molar-refractivity contribution in [3.8, 4) is 11.5 Å². The van der Waals surface area contributed by atoms with Gasteiger partial charge in [0.2, 0.25) is 6.79 Å². The molecule has 0 spiro atoms. The van der Waals surface area contributed by atoms with E-state index in [2.05, 4.69) is 0 Å². The Kier molecular flexibility index (Phi) is 2.36. The maximum atomic E-state index is 11.2. The van der Waals surface area contributed by atoms with E-state index in [-0.39, 0.29) is 6.79 Å². The SMILES string of the molecule is CN(CC1(C(=O)O)CC1)c1ccc2c(c1)OCO2. The van der Waals surface area contributed by atoms with Crippen LogP contribution in [0.1, 0.15) is 12.8 Å². The second-order valence-corrected chi connectivity index (χ2v) is 4.98. The monoisotopic (exact) mass is 249 g/mol. The topological polar surface area (TPSA) is 59.0 Å². The molecule has 3 rings (SSSR count). The first kappa shape index (κ1) is 11.2. The Morgan fingerprint density at radius 1 is 1.39 bits per heavy atom. The number of aliphatic carboxylic acids is 1. The van der Waals surface area contributed by atoms with E-state index in [9.17, 15) is 9.90 Å². The van der Waals surface area contributed by atoms with E-state index < -0.39 is 11.4 Å². The molecule has 1 fully saturated rings. The molecule has 1 heterocycles. The zero-order chi connectivity index (χ0) is 12.8. The molecule has 1 aliphatic carbocycles. The molecule has 96 valence electrons. The van der Waals surface area contributed by atoms with Crippen LogP contribution in [0.2, 0.25) is 0 Å². The Hall–Kier alpha value is -1.91. The molecular weight excluding hydrogens is 234 g/mol. The van der Waals surface area contributed by atoms with Crippen LogP contribution >= 0.6 is 0 Å². The minimum Gasteiger partial charge on any atom is -0.481 e. The first-order valence-electron chi connectivity index (χ1n) is 5.95.